The molecule has 1 aromatic rings. The summed E-state index contributed by atoms with van der Waals surface area (Å²) in [4.78, 5) is 34.1. The summed E-state index contributed by atoms with van der Waals surface area (Å²) in [6.07, 6.45) is 1.73. The molecule has 1 aliphatic carbocycles. The SMILES string of the molecule is CC(=O)Oc1ccc(OC(C)=O)c2c1CCCC2=O. The molecule has 5 nitrogen and oxygen atoms in total. The van der Waals surface area contributed by atoms with Crippen LogP contribution >= 0.6 is 0 Å². The molecule has 0 aromatic heterocycles. The Labute approximate surface area is 110 Å². The molecule has 5 heteroatoms. The Kier molecular flexibility index (Phi) is 3.64. The number of Topliss-reactive ketones (excluding diaryl/α,β-unsaturated/α-hetero) is 1. The first kappa shape index (κ1) is 13.3. The molecular formula is C14H14O5. The van der Waals surface area contributed by atoms with Gasteiger partial charge in [0.25, 0.3) is 0 Å². The van der Waals surface area contributed by atoms with E-state index in [1.807, 2.05) is 0 Å². The van der Waals surface area contributed by atoms with Gasteiger partial charge in [0.1, 0.15) is 11.5 Å². The number of esters is 2. The van der Waals surface area contributed by atoms with E-state index in [1.165, 1.54) is 19.9 Å². The zero-order chi connectivity index (χ0) is 14.0. The van der Waals surface area contributed by atoms with Gasteiger partial charge in [0.2, 0.25) is 0 Å². The molecule has 0 amide bonds. The van der Waals surface area contributed by atoms with Crippen molar-refractivity contribution in [3.63, 3.8) is 0 Å². The maximum absolute atomic E-state index is 12.0. The minimum absolute atomic E-state index is 0.0912. The third kappa shape index (κ3) is 2.81. The molecule has 1 aromatic carbocycles. The number of ketones is 1. The van der Waals surface area contributed by atoms with Crippen LogP contribution in [0.3, 0.4) is 0 Å². The molecule has 0 unspecified atom stereocenters. The van der Waals surface area contributed by atoms with E-state index in [1.54, 1.807) is 6.07 Å². The van der Waals surface area contributed by atoms with Crippen LogP contribution in [-0.4, -0.2) is 17.7 Å². The highest BCUT2D eigenvalue weighted by atomic mass is 16.5. The van der Waals surface area contributed by atoms with Crippen LogP contribution in [0.1, 0.15) is 42.6 Å². The molecule has 100 valence electrons. The van der Waals surface area contributed by atoms with Gasteiger partial charge in [-0.1, -0.05) is 0 Å². The van der Waals surface area contributed by atoms with Crippen LogP contribution in [0.4, 0.5) is 0 Å². The lowest BCUT2D eigenvalue weighted by Gasteiger charge is -2.20. The fourth-order valence-corrected chi connectivity index (χ4v) is 2.20. The second-order valence-electron chi connectivity index (χ2n) is 4.38. The lowest BCUT2D eigenvalue weighted by molar-refractivity contribution is -0.133. The molecule has 0 aliphatic heterocycles. The van der Waals surface area contributed by atoms with Crippen LogP contribution in [0.15, 0.2) is 12.1 Å². The average Bonchev–Trinajstić information content (AvgIpc) is 2.31. The highest BCUT2D eigenvalue weighted by Crippen LogP contribution is 2.36. The summed E-state index contributed by atoms with van der Waals surface area (Å²) in [7, 11) is 0. The van der Waals surface area contributed by atoms with E-state index < -0.39 is 11.9 Å². The Hall–Kier alpha value is -2.17. The normalized spacial score (nSPS) is 13.7. The zero-order valence-corrected chi connectivity index (χ0v) is 10.8. The van der Waals surface area contributed by atoms with Crippen molar-refractivity contribution in [1.29, 1.82) is 0 Å². The van der Waals surface area contributed by atoms with E-state index in [0.29, 0.717) is 36.1 Å². The Morgan fingerprint density at radius 3 is 2.21 bits per heavy atom. The van der Waals surface area contributed by atoms with Gasteiger partial charge >= 0.3 is 11.9 Å². The van der Waals surface area contributed by atoms with Gasteiger partial charge in [-0.15, -0.1) is 0 Å². The van der Waals surface area contributed by atoms with Gasteiger partial charge in [0.15, 0.2) is 5.78 Å². The molecule has 0 spiro atoms. The van der Waals surface area contributed by atoms with Crippen molar-refractivity contribution in [2.45, 2.75) is 33.1 Å². The predicted octanol–water partition coefficient (Wildman–Crippen LogP) is 2.06. The number of rotatable bonds is 2. The maximum atomic E-state index is 12.0. The number of ether oxygens (including phenoxy) is 2. The van der Waals surface area contributed by atoms with E-state index in [0.717, 1.165) is 0 Å². The smallest absolute Gasteiger partial charge is 0.308 e. The van der Waals surface area contributed by atoms with Gasteiger partial charge in [-0.2, -0.15) is 0 Å². The average molecular weight is 262 g/mol. The third-order valence-corrected chi connectivity index (χ3v) is 2.85. The summed E-state index contributed by atoms with van der Waals surface area (Å²) in [5.74, 6) is -0.415. The molecule has 19 heavy (non-hydrogen) atoms. The molecule has 0 N–H and O–H groups in total. The number of carbonyl (C=O) groups is 3. The predicted molar refractivity (Wildman–Crippen MR) is 66.3 cm³/mol. The monoisotopic (exact) mass is 262 g/mol. The highest BCUT2D eigenvalue weighted by molar-refractivity contribution is 6.02. The first-order valence-corrected chi connectivity index (χ1v) is 6.05. The summed E-state index contributed by atoms with van der Waals surface area (Å²) in [5.41, 5.74) is 1.01. The fourth-order valence-electron chi connectivity index (χ4n) is 2.20. The molecular weight excluding hydrogens is 248 g/mol. The minimum atomic E-state index is -0.485. The summed E-state index contributed by atoms with van der Waals surface area (Å²) in [5, 5.41) is 0. The number of hydrogen-bond acceptors (Lipinski definition) is 5. The first-order chi connectivity index (χ1) is 8.99. The topological polar surface area (TPSA) is 69.7 Å². The molecule has 0 heterocycles. The Balaban J connectivity index is 2.52. The highest BCUT2D eigenvalue weighted by Gasteiger charge is 2.26. The van der Waals surface area contributed by atoms with Crippen molar-refractivity contribution in [2.24, 2.45) is 0 Å². The van der Waals surface area contributed by atoms with Crippen LogP contribution in [0.2, 0.25) is 0 Å². The van der Waals surface area contributed by atoms with Gasteiger partial charge in [0.05, 0.1) is 5.56 Å². The molecule has 0 saturated heterocycles. The second kappa shape index (κ2) is 5.22. The first-order valence-electron chi connectivity index (χ1n) is 6.05. The van der Waals surface area contributed by atoms with Gasteiger partial charge in [-0.3, -0.25) is 14.4 Å². The quantitative estimate of drug-likeness (QED) is 0.602. The van der Waals surface area contributed by atoms with Crippen molar-refractivity contribution in [1.82, 2.24) is 0 Å². The Morgan fingerprint density at radius 1 is 1.00 bits per heavy atom. The molecule has 0 radical (unpaired) electrons. The second-order valence-corrected chi connectivity index (χ2v) is 4.38. The molecule has 0 atom stereocenters. The zero-order valence-electron chi connectivity index (χ0n) is 10.8. The molecule has 2 rings (SSSR count). The van der Waals surface area contributed by atoms with E-state index in [4.69, 9.17) is 9.47 Å². The van der Waals surface area contributed by atoms with Crippen LogP contribution in [0, 0.1) is 0 Å². The van der Waals surface area contributed by atoms with Gasteiger partial charge in [-0.25, -0.2) is 0 Å². The van der Waals surface area contributed by atoms with Crippen molar-refractivity contribution < 1.29 is 23.9 Å². The van der Waals surface area contributed by atoms with Crippen LogP contribution in [0.5, 0.6) is 11.5 Å². The van der Waals surface area contributed by atoms with E-state index in [9.17, 15) is 14.4 Å². The summed E-state index contributed by atoms with van der Waals surface area (Å²) in [6, 6.07) is 3.04. The van der Waals surface area contributed by atoms with E-state index >= 15 is 0 Å². The van der Waals surface area contributed by atoms with Gasteiger partial charge in [0, 0.05) is 25.8 Å². The molecule has 0 fully saturated rings. The van der Waals surface area contributed by atoms with Crippen molar-refractivity contribution in [2.75, 3.05) is 0 Å². The van der Waals surface area contributed by atoms with E-state index in [-0.39, 0.29) is 11.5 Å². The fraction of sp³-hybridized carbons (Fsp3) is 0.357. The van der Waals surface area contributed by atoms with Gasteiger partial charge in [-0.05, 0) is 25.0 Å². The Morgan fingerprint density at radius 2 is 1.58 bits per heavy atom. The summed E-state index contributed by atoms with van der Waals surface area (Å²) in [6.45, 7) is 2.58. The molecule has 0 bridgehead atoms. The van der Waals surface area contributed by atoms with Crippen LogP contribution in [-0.2, 0) is 16.0 Å². The number of carbonyl (C=O) groups excluding carboxylic acids is 3. The van der Waals surface area contributed by atoms with E-state index in [2.05, 4.69) is 0 Å². The van der Waals surface area contributed by atoms with Crippen molar-refractivity contribution in [3.8, 4) is 11.5 Å². The number of benzene rings is 1. The maximum Gasteiger partial charge on any atom is 0.308 e. The van der Waals surface area contributed by atoms with Gasteiger partial charge < -0.3 is 9.47 Å². The summed E-state index contributed by atoms with van der Waals surface area (Å²) >= 11 is 0. The molecule has 0 saturated carbocycles. The number of fused-ring (bicyclic) bond motifs is 1. The van der Waals surface area contributed by atoms with Crippen molar-refractivity contribution >= 4 is 17.7 Å². The third-order valence-electron chi connectivity index (χ3n) is 2.85. The molecule has 1 aliphatic rings. The van der Waals surface area contributed by atoms with Crippen molar-refractivity contribution in [3.05, 3.63) is 23.3 Å². The minimum Gasteiger partial charge on any atom is -0.426 e. The largest absolute Gasteiger partial charge is 0.426 e. The Bertz CT molecular complexity index is 559. The standard InChI is InChI=1S/C14H14O5/c1-8(15)18-12-6-7-13(19-9(2)16)14-10(12)4-3-5-11(14)17/h6-7H,3-5H2,1-2H3. The summed E-state index contributed by atoms with van der Waals surface area (Å²) < 4.78 is 10.1. The lowest BCUT2D eigenvalue weighted by Crippen LogP contribution is -2.16. The van der Waals surface area contributed by atoms with Crippen LogP contribution in [0.25, 0.3) is 0 Å². The lowest BCUT2D eigenvalue weighted by atomic mass is 9.89. The van der Waals surface area contributed by atoms with Crippen LogP contribution < -0.4 is 9.47 Å². The number of hydrogen-bond donors (Lipinski definition) is 0.